The highest BCUT2D eigenvalue weighted by atomic mass is 16.5. The van der Waals surface area contributed by atoms with Gasteiger partial charge in [0.25, 0.3) is 0 Å². The van der Waals surface area contributed by atoms with E-state index in [9.17, 15) is 0 Å². The van der Waals surface area contributed by atoms with Gasteiger partial charge in [-0.15, -0.1) is 0 Å². The zero-order valence-corrected chi connectivity index (χ0v) is 12.2. The summed E-state index contributed by atoms with van der Waals surface area (Å²) in [5.41, 5.74) is 7.56. The highest BCUT2D eigenvalue weighted by Crippen LogP contribution is 2.19. The van der Waals surface area contributed by atoms with Crippen molar-refractivity contribution in [1.82, 2.24) is 0 Å². The van der Waals surface area contributed by atoms with Gasteiger partial charge < -0.3 is 19.9 Å². The molecule has 0 aliphatic heterocycles. The van der Waals surface area contributed by atoms with E-state index in [-0.39, 0.29) is 0 Å². The molecule has 2 aromatic rings. The van der Waals surface area contributed by atoms with E-state index >= 15 is 0 Å². The summed E-state index contributed by atoms with van der Waals surface area (Å²) in [6.07, 6.45) is 0.818. The molecule has 0 radical (unpaired) electrons. The van der Waals surface area contributed by atoms with Crippen LogP contribution in [-0.2, 0) is 11.3 Å². The molecule has 0 saturated carbocycles. The molecule has 0 aromatic heterocycles. The lowest BCUT2D eigenvalue weighted by molar-refractivity contribution is 0.107. The number of hydrogen-bond acceptors (Lipinski definition) is 4. The van der Waals surface area contributed by atoms with Crippen LogP contribution in [0.3, 0.4) is 0 Å². The molecular formula is C17H21NO3. The summed E-state index contributed by atoms with van der Waals surface area (Å²) in [7, 11) is 1.66. The molecule has 0 saturated heterocycles. The van der Waals surface area contributed by atoms with Gasteiger partial charge in [0, 0.05) is 6.42 Å². The first kappa shape index (κ1) is 15.2. The van der Waals surface area contributed by atoms with Crippen LogP contribution in [0.1, 0.15) is 12.0 Å². The Kier molecular flexibility index (Phi) is 5.91. The summed E-state index contributed by atoms with van der Waals surface area (Å²) in [5, 5.41) is 0. The van der Waals surface area contributed by atoms with Crippen molar-refractivity contribution in [2.45, 2.75) is 13.0 Å². The van der Waals surface area contributed by atoms with Gasteiger partial charge in [0.15, 0.2) is 0 Å². The van der Waals surface area contributed by atoms with E-state index in [0.29, 0.717) is 25.5 Å². The van der Waals surface area contributed by atoms with E-state index in [1.807, 2.05) is 48.5 Å². The molecule has 0 amide bonds. The van der Waals surface area contributed by atoms with Crippen LogP contribution >= 0.6 is 0 Å². The van der Waals surface area contributed by atoms with Crippen molar-refractivity contribution >= 4 is 5.69 Å². The summed E-state index contributed by atoms with van der Waals surface area (Å²) >= 11 is 0. The molecule has 0 aliphatic carbocycles. The quantitative estimate of drug-likeness (QED) is 0.598. The number of methoxy groups -OCH3 is 1. The van der Waals surface area contributed by atoms with Crippen LogP contribution in [0.2, 0.25) is 0 Å². The van der Waals surface area contributed by atoms with Crippen molar-refractivity contribution in [3.63, 3.8) is 0 Å². The second kappa shape index (κ2) is 8.17. The number of benzene rings is 2. The standard InChI is InChI=1S/C17H21NO3/c1-19-15-7-4-6-14(12-15)13-20-10-5-11-21-17-9-3-2-8-16(17)18/h2-4,6-9,12H,5,10-11,13,18H2,1H3. The van der Waals surface area contributed by atoms with Crippen LogP contribution in [0.15, 0.2) is 48.5 Å². The Labute approximate surface area is 125 Å². The maximum Gasteiger partial charge on any atom is 0.142 e. The van der Waals surface area contributed by atoms with Crippen LogP contribution in [0.5, 0.6) is 11.5 Å². The van der Waals surface area contributed by atoms with Crippen molar-refractivity contribution in [1.29, 1.82) is 0 Å². The molecule has 4 nitrogen and oxygen atoms in total. The van der Waals surface area contributed by atoms with Crippen LogP contribution in [0.25, 0.3) is 0 Å². The first-order chi connectivity index (χ1) is 10.3. The third kappa shape index (κ3) is 5.00. The van der Waals surface area contributed by atoms with Crippen molar-refractivity contribution in [2.24, 2.45) is 0 Å². The molecule has 0 aliphatic rings. The zero-order chi connectivity index (χ0) is 14.9. The Morgan fingerprint density at radius 3 is 2.67 bits per heavy atom. The Morgan fingerprint density at radius 1 is 1.00 bits per heavy atom. The smallest absolute Gasteiger partial charge is 0.142 e. The third-order valence-corrected chi connectivity index (χ3v) is 3.01. The molecule has 2 N–H and O–H groups in total. The van der Waals surface area contributed by atoms with Gasteiger partial charge in [0.2, 0.25) is 0 Å². The van der Waals surface area contributed by atoms with E-state index in [1.54, 1.807) is 7.11 Å². The number of anilines is 1. The maximum absolute atomic E-state index is 5.80. The van der Waals surface area contributed by atoms with Crippen LogP contribution < -0.4 is 15.2 Å². The molecule has 0 unspecified atom stereocenters. The monoisotopic (exact) mass is 287 g/mol. The van der Waals surface area contributed by atoms with Crippen LogP contribution in [0, 0.1) is 0 Å². The number of nitrogens with two attached hydrogens (primary N) is 1. The third-order valence-electron chi connectivity index (χ3n) is 3.01. The van der Waals surface area contributed by atoms with Gasteiger partial charge in [0.1, 0.15) is 11.5 Å². The highest BCUT2D eigenvalue weighted by molar-refractivity contribution is 5.51. The molecule has 0 bridgehead atoms. The van der Waals surface area contributed by atoms with Gasteiger partial charge in [-0.1, -0.05) is 24.3 Å². The molecular weight excluding hydrogens is 266 g/mol. The average molecular weight is 287 g/mol. The molecule has 0 spiro atoms. The Bertz CT molecular complexity index is 557. The van der Waals surface area contributed by atoms with Crippen molar-refractivity contribution < 1.29 is 14.2 Å². The van der Waals surface area contributed by atoms with Crippen LogP contribution in [-0.4, -0.2) is 20.3 Å². The lowest BCUT2D eigenvalue weighted by Crippen LogP contribution is -2.04. The fourth-order valence-corrected chi connectivity index (χ4v) is 1.91. The molecule has 21 heavy (non-hydrogen) atoms. The van der Waals surface area contributed by atoms with Gasteiger partial charge in [-0.2, -0.15) is 0 Å². The fourth-order valence-electron chi connectivity index (χ4n) is 1.91. The maximum atomic E-state index is 5.80. The second-order valence-electron chi connectivity index (χ2n) is 4.64. The summed E-state index contributed by atoms with van der Waals surface area (Å²) in [6, 6.07) is 15.4. The van der Waals surface area contributed by atoms with Gasteiger partial charge in [-0.05, 0) is 29.8 Å². The zero-order valence-electron chi connectivity index (χ0n) is 12.2. The molecule has 2 rings (SSSR count). The van der Waals surface area contributed by atoms with Gasteiger partial charge in [-0.3, -0.25) is 0 Å². The number of hydrogen-bond donors (Lipinski definition) is 1. The average Bonchev–Trinajstić information content (AvgIpc) is 2.52. The van der Waals surface area contributed by atoms with E-state index in [0.717, 1.165) is 23.5 Å². The highest BCUT2D eigenvalue weighted by Gasteiger charge is 1.99. The minimum atomic E-state index is 0.574. The Morgan fingerprint density at radius 2 is 1.86 bits per heavy atom. The summed E-state index contributed by atoms with van der Waals surface area (Å²) in [4.78, 5) is 0. The van der Waals surface area contributed by atoms with Crippen molar-refractivity contribution in [2.75, 3.05) is 26.1 Å². The molecule has 4 heteroatoms. The summed E-state index contributed by atoms with van der Waals surface area (Å²) < 4.78 is 16.4. The minimum Gasteiger partial charge on any atom is -0.497 e. The minimum absolute atomic E-state index is 0.574. The number of ether oxygens (including phenoxy) is 3. The fraction of sp³-hybridized carbons (Fsp3) is 0.294. The van der Waals surface area contributed by atoms with E-state index in [4.69, 9.17) is 19.9 Å². The Balaban J connectivity index is 1.63. The van der Waals surface area contributed by atoms with Gasteiger partial charge in [-0.25, -0.2) is 0 Å². The lowest BCUT2D eigenvalue weighted by atomic mass is 10.2. The van der Waals surface area contributed by atoms with E-state index < -0.39 is 0 Å². The second-order valence-corrected chi connectivity index (χ2v) is 4.64. The molecule has 0 atom stereocenters. The summed E-state index contributed by atoms with van der Waals surface area (Å²) in [5.74, 6) is 1.57. The topological polar surface area (TPSA) is 53.7 Å². The number of rotatable bonds is 8. The first-order valence-corrected chi connectivity index (χ1v) is 6.97. The normalized spacial score (nSPS) is 10.3. The largest absolute Gasteiger partial charge is 0.497 e. The molecule has 0 fully saturated rings. The van der Waals surface area contributed by atoms with Crippen molar-refractivity contribution in [3.05, 3.63) is 54.1 Å². The predicted molar refractivity (Wildman–Crippen MR) is 83.6 cm³/mol. The first-order valence-electron chi connectivity index (χ1n) is 6.97. The molecule has 2 aromatic carbocycles. The number of para-hydroxylation sites is 2. The summed E-state index contributed by atoms with van der Waals surface area (Å²) in [6.45, 7) is 1.81. The lowest BCUT2D eigenvalue weighted by Gasteiger charge is -2.09. The van der Waals surface area contributed by atoms with Crippen molar-refractivity contribution in [3.8, 4) is 11.5 Å². The van der Waals surface area contributed by atoms with Crippen LogP contribution in [0.4, 0.5) is 5.69 Å². The van der Waals surface area contributed by atoms with Gasteiger partial charge in [0.05, 0.1) is 32.6 Å². The molecule has 0 heterocycles. The Hall–Kier alpha value is -2.20. The van der Waals surface area contributed by atoms with E-state index in [2.05, 4.69) is 0 Å². The van der Waals surface area contributed by atoms with E-state index in [1.165, 1.54) is 0 Å². The molecule has 112 valence electrons. The number of nitrogen functional groups attached to an aromatic ring is 1. The predicted octanol–water partition coefficient (Wildman–Crippen LogP) is 3.26. The SMILES string of the molecule is COc1cccc(COCCCOc2ccccc2N)c1. The van der Waals surface area contributed by atoms with Gasteiger partial charge >= 0.3 is 0 Å².